The number of nitrogens with zero attached hydrogens (tertiary/aromatic N) is 4. The summed E-state index contributed by atoms with van der Waals surface area (Å²) in [6, 6.07) is 4.51. The largest absolute Gasteiger partial charge is 0.416 e. The second-order valence-electron chi connectivity index (χ2n) is 6.28. The second-order valence-corrected chi connectivity index (χ2v) is 8.37. The summed E-state index contributed by atoms with van der Waals surface area (Å²) in [5.74, 6) is 0.197. The average molecular weight is 425 g/mol. The Labute approximate surface area is 165 Å². The zero-order valence-electron chi connectivity index (χ0n) is 15.8. The van der Waals surface area contributed by atoms with Crippen LogP contribution in [0.2, 0.25) is 0 Å². The van der Waals surface area contributed by atoms with E-state index in [1.54, 1.807) is 13.8 Å². The van der Waals surface area contributed by atoms with Crippen molar-refractivity contribution >= 4 is 21.5 Å². The van der Waals surface area contributed by atoms with Crippen molar-refractivity contribution in [2.24, 2.45) is 0 Å². The number of halogens is 3. The number of nitrogens with one attached hydrogen (secondary N) is 1. The molecule has 0 radical (unpaired) electrons. The Hall–Kier alpha value is -2.95. The van der Waals surface area contributed by atoms with Crippen molar-refractivity contribution in [1.29, 1.82) is 0 Å². The van der Waals surface area contributed by atoms with Gasteiger partial charge in [0.25, 0.3) is 10.0 Å². The molecule has 0 fully saturated rings. The molecule has 0 spiro atoms. The Balaban J connectivity index is 1.93. The van der Waals surface area contributed by atoms with Gasteiger partial charge in [-0.15, -0.1) is 0 Å². The number of hydrogen-bond acceptors (Lipinski definition) is 6. The molecule has 7 nitrogen and oxygen atoms in total. The maximum atomic E-state index is 12.7. The number of rotatable bonds is 5. The summed E-state index contributed by atoms with van der Waals surface area (Å²) in [5, 5.41) is 7.00. The van der Waals surface area contributed by atoms with Crippen LogP contribution in [0.5, 0.6) is 0 Å². The third-order valence-electron chi connectivity index (χ3n) is 4.25. The molecule has 0 aliphatic carbocycles. The highest BCUT2D eigenvalue weighted by Gasteiger charge is 2.30. The van der Waals surface area contributed by atoms with Crippen molar-refractivity contribution in [2.45, 2.75) is 26.9 Å². The van der Waals surface area contributed by atoms with E-state index >= 15 is 0 Å². The standard InChI is InChI=1S/C18H18F3N5O2S/c1-4-29(27,28)26-12(3)17(11(2)25-26)15-9-22-10-16(24-15)23-14-7-5-13(6-8-14)18(19,20)21/h5-10H,4H2,1-3H3,(H,23,24). The van der Waals surface area contributed by atoms with Crippen LogP contribution in [-0.4, -0.2) is 33.3 Å². The molecule has 2 aromatic heterocycles. The van der Waals surface area contributed by atoms with Gasteiger partial charge in [-0.05, 0) is 45.0 Å². The van der Waals surface area contributed by atoms with Crippen LogP contribution in [0.4, 0.5) is 24.7 Å². The van der Waals surface area contributed by atoms with Crippen molar-refractivity contribution in [3.05, 3.63) is 53.6 Å². The van der Waals surface area contributed by atoms with Crippen molar-refractivity contribution in [2.75, 3.05) is 11.1 Å². The van der Waals surface area contributed by atoms with Crippen LogP contribution in [0.15, 0.2) is 36.7 Å². The van der Waals surface area contributed by atoms with Crippen molar-refractivity contribution in [1.82, 2.24) is 19.2 Å². The summed E-state index contributed by atoms with van der Waals surface area (Å²) < 4.78 is 63.4. The highest BCUT2D eigenvalue weighted by Crippen LogP contribution is 2.31. The molecule has 0 saturated carbocycles. The number of hydrogen-bond donors (Lipinski definition) is 1. The Morgan fingerprint density at radius 1 is 1.10 bits per heavy atom. The Morgan fingerprint density at radius 3 is 2.34 bits per heavy atom. The molecule has 0 bridgehead atoms. The maximum Gasteiger partial charge on any atom is 0.416 e. The molecule has 1 N–H and O–H groups in total. The monoisotopic (exact) mass is 425 g/mol. The summed E-state index contributed by atoms with van der Waals surface area (Å²) in [6.07, 6.45) is -1.52. The van der Waals surface area contributed by atoms with Gasteiger partial charge in [0.15, 0.2) is 0 Å². The van der Waals surface area contributed by atoms with E-state index < -0.39 is 21.8 Å². The number of anilines is 2. The van der Waals surface area contributed by atoms with Crippen molar-refractivity contribution in [3.8, 4) is 11.3 Å². The summed E-state index contributed by atoms with van der Waals surface area (Å²) >= 11 is 0. The van der Waals surface area contributed by atoms with Crippen LogP contribution in [0.1, 0.15) is 23.9 Å². The van der Waals surface area contributed by atoms with Gasteiger partial charge in [-0.1, -0.05) is 0 Å². The first-order valence-electron chi connectivity index (χ1n) is 8.59. The van der Waals surface area contributed by atoms with Gasteiger partial charge in [0.2, 0.25) is 0 Å². The van der Waals surface area contributed by atoms with Gasteiger partial charge in [-0.3, -0.25) is 4.98 Å². The molecule has 0 unspecified atom stereocenters. The van der Waals surface area contributed by atoms with Crippen molar-refractivity contribution in [3.63, 3.8) is 0 Å². The molecular formula is C18H18F3N5O2S. The molecule has 0 aliphatic rings. The van der Waals surface area contributed by atoms with Crippen LogP contribution in [0.3, 0.4) is 0 Å². The average Bonchev–Trinajstić information content (AvgIpc) is 2.97. The SMILES string of the molecule is CCS(=O)(=O)n1nc(C)c(-c2cncc(Nc3ccc(C(F)(F)F)cc3)n2)c1C. The van der Waals surface area contributed by atoms with E-state index in [1.165, 1.54) is 31.5 Å². The Kier molecular flexibility index (Phi) is 5.35. The van der Waals surface area contributed by atoms with Crippen LogP contribution in [-0.2, 0) is 16.2 Å². The first-order valence-corrected chi connectivity index (χ1v) is 10.2. The van der Waals surface area contributed by atoms with Gasteiger partial charge in [-0.25, -0.2) is 13.4 Å². The third-order valence-corrected chi connectivity index (χ3v) is 5.87. The topological polar surface area (TPSA) is 89.8 Å². The zero-order chi connectivity index (χ0) is 21.4. The molecule has 3 rings (SSSR count). The fourth-order valence-electron chi connectivity index (χ4n) is 2.82. The van der Waals surface area contributed by atoms with Gasteiger partial charge in [0.1, 0.15) is 5.82 Å². The molecule has 0 atom stereocenters. The van der Waals surface area contributed by atoms with Gasteiger partial charge in [0, 0.05) is 11.3 Å². The normalized spacial score (nSPS) is 12.2. The van der Waals surface area contributed by atoms with Crippen LogP contribution in [0.25, 0.3) is 11.3 Å². The van der Waals surface area contributed by atoms with E-state index in [0.29, 0.717) is 34.2 Å². The first-order chi connectivity index (χ1) is 13.5. The Bertz CT molecular complexity index is 1140. The zero-order valence-corrected chi connectivity index (χ0v) is 16.6. The fraction of sp³-hybridized carbons (Fsp3) is 0.278. The number of benzene rings is 1. The minimum absolute atomic E-state index is 0.102. The summed E-state index contributed by atoms with van der Waals surface area (Å²) in [7, 11) is -3.56. The molecule has 0 amide bonds. The minimum atomic E-state index is -4.41. The lowest BCUT2D eigenvalue weighted by molar-refractivity contribution is -0.137. The summed E-state index contributed by atoms with van der Waals surface area (Å²) in [4.78, 5) is 8.50. The number of aryl methyl sites for hydroxylation is 1. The lowest BCUT2D eigenvalue weighted by atomic mass is 10.1. The molecule has 0 saturated heterocycles. The smallest absolute Gasteiger partial charge is 0.339 e. The molecular weight excluding hydrogens is 407 g/mol. The van der Waals surface area contributed by atoms with E-state index in [9.17, 15) is 21.6 Å². The first kappa shape index (κ1) is 20.8. The molecule has 2 heterocycles. The van der Waals surface area contributed by atoms with Crippen LogP contribution < -0.4 is 5.32 Å². The van der Waals surface area contributed by atoms with Crippen LogP contribution in [0, 0.1) is 13.8 Å². The van der Waals surface area contributed by atoms with Gasteiger partial charge < -0.3 is 5.32 Å². The van der Waals surface area contributed by atoms with Crippen LogP contribution >= 0.6 is 0 Å². The van der Waals surface area contributed by atoms with Crippen molar-refractivity contribution < 1.29 is 21.6 Å². The van der Waals surface area contributed by atoms with Gasteiger partial charge in [0.05, 0.1) is 40.8 Å². The number of alkyl halides is 3. The third kappa shape index (κ3) is 4.24. The number of aromatic nitrogens is 4. The maximum absolute atomic E-state index is 12.7. The molecule has 154 valence electrons. The lowest BCUT2D eigenvalue weighted by Crippen LogP contribution is -2.17. The van der Waals surface area contributed by atoms with E-state index in [2.05, 4.69) is 20.4 Å². The van der Waals surface area contributed by atoms with E-state index in [0.717, 1.165) is 16.2 Å². The highest BCUT2D eigenvalue weighted by atomic mass is 32.2. The summed E-state index contributed by atoms with van der Waals surface area (Å²) in [5.41, 5.74) is 1.46. The predicted molar refractivity (Wildman–Crippen MR) is 102 cm³/mol. The van der Waals surface area contributed by atoms with Gasteiger partial charge in [-0.2, -0.15) is 22.4 Å². The highest BCUT2D eigenvalue weighted by molar-refractivity contribution is 7.89. The molecule has 1 aromatic carbocycles. The molecule has 0 aliphatic heterocycles. The Morgan fingerprint density at radius 2 is 1.76 bits per heavy atom. The summed E-state index contributed by atoms with van der Waals surface area (Å²) in [6.45, 7) is 4.82. The van der Waals surface area contributed by atoms with E-state index in [1.807, 2.05) is 0 Å². The van der Waals surface area contributed by atoms with E-state index in [4.69, 9.17) is 0 Å². The molecule has 11 heteroatoms. The predicted octanol–water partition coefficient (Wildman–Crippen LogP) is 3.92. The molecule has 29 heavy (non-hydrogen) atoms. The molecule has 3 aromatic rings. The van der Waals surface area contributed by atoms with Gasteiger partial charge >= 0.3 is 6.18 Å². The fourth-order valence-corrected chi connectivity index (χ4v) is 3.82. The quantitative estimate of drug-likeness (QED) is 0.667. The lowest BCUT2D eigenvalue weighted by Gasteiger charge is -2.10. The minimum Gasteiger partial charge on any atom is -0.339 e. The van der Waals surface area contributed by atoms with E-state index in [-0.39, 0.29) is 5.75 Å². The second kappa shape index (κ2) is 7.47.